The van der Waals surface area contributed by atoms with Crippen molar-refractivity contribution < 1.29 is 12.3 Å². The molecule has 3 heterocycles. The molecule has 0 saturated carbocycles. The summed E-state index contributed by atoms with van der Waals surface area (Å²) in [6.45, 7) is 6.85. The van der Waals surface area contributed by atoms with E-state index in [0.717, 1.165) is 30.0 Å². The summed E-state index contributed by atoms with van der Waals surface area (Å²) in [7, 11) is -4.93. The minimum Gasteiger partial charge on any atom is -0.340 e. The van der Waals surface area contributed by atoms with E-state index in [1.54, 1.807) is 12.1 Å². The molecule has 9 heteroatoms. The van der Waals surface area contributed by atoms with Gasteiger partial charge in [-0.05, 0) is 60.2 Å². The number of H-pyrrole nitrogens is 1. The van der Waals surface area contributed by atoms with Crippen molar-refractivity contribution >= 4 is 43.1 Å². The molecule has 2 aromatic carbocycles. The van der Waals surface area contributed by atoms with Gasteiger partial charge in [-0.2, -0.15) is 13.7 Å². The lowest BCUT2D eigenvalue weighted by molar-refractivity contribution is 0.551. The number of nitrogens with zero attached hydrogens (tertiary/aromatic N) is 3. The highest BCUT2D eigenvalue weighted by atomic mass is 32.3. The Balaban J connectivity index is 1.91. The molecule has 3 aromatic heterocycles. The van der Waals surface area contributed by atoms with E-state index in [9.17, 15) is 22.4 Å². The number of hydrogen-bond acceptors (Lipinski definition) is 5. The SMILES string of the molecule is CCCCn1c2cc(-c3cncc(S(=O)(=O)F)c3)c(CC(C)C)cc2c(=O)c2c3ccc(C#N)cc3[nH]c21. The van der Waals surface area contributed by atoms with Crippen LogP contribution in [0.5, 0.6) is 0 Å². The van der Waals surface area contributed by atoms with Gasteiger partial charge >= 0.3 is 10.2 Å². The number of rotatable bonds is 7. The molecule has 0 unspecified atom stereocenters. The lowest BCUT2D eigenvalue weighted by Crippen LogP contribution is -2.13. The van der Waals surface area contributed by atoms with Crippen molar-refractivity contribution in [3.63, 3.8) is 0 Å². The Morgan fingerprint density at radius 1 is 1.13 bits per heavy atom. The average Bonchev–Trinajstić information content (AvgIpc) is 3.26. The topological polar surface area (TPSA) is 109 Å². The summed E-state index contributed by atoms with van der Waals surface area (Å²) in [4.78, 5) is 20.8. The highest BCUT2D eigenvalue weighted by molar-refractivity contribution is 7.86. The molecule has 0 aliphatic heterocycles. The van der Waals surface area contributed by atoms with Crippen molar-refractivity contribution in [3.05, 3.63) is 70.1 Å². The first-order chi connectivity index (χ1) is 18.1. The van der Waals surface area contributed by atoms with Crippen LogP contribution in [0.25, 0.3) is 44.0 Å². The first kappa shape index (κ1) is 25.6. The van der Waals surface area contributed by atoms with Crippen LogP contribution in [0.15, 0.2) is 58.5 Å². The van der Waals surface area contributed by atoms with Crippen molar-refractivity contribution in [2.45, 2.75) is 51.5 Å². The van der Waals surface area contributed by atoms with Crippen LogP contribution < -0.4 is 5.43 Å². The molecule has 0 saturated heterocycles. The summed E-state index contributed by atoms with van der Waals surface area (Å²) in [6, 6.07) is 12.5. The smallest absolute Gasteiger partial charge is 0.333 e. The van der Waals surface area contributed by atoms with Gasteiger partial charge in [0, 0.05) is 40.8 Å². The molecule has 5 rings (SSSR count). The molecule has 194 valence electrons. The van der Waals surface area contributed by atoms with Gasteiger partial charge in [0.1, 0.15) is 10.5 Å². The fraction of sp³-hybridized carbons (Fsp3) is 0.276. The highest BCUT2D eigenvalue weighted by Gasteiger charge is 2.20. The van der Waals surface area contributed by atoms with Gasteiger partial charge in [-0.25, -0.2) is 0 Å². The fourth-order valence-electron chi connectivity index (χ4n) is 5.10. The second-order valence-corrected chi connectivity index (χ2v) is 11.4. The van der Waals surface area contributed by atoms with Crippen LogP contribution >= 0.6 is 0 Å². The molecule has 0 aliphatic carbocycles. The Labute approximate surface area is 219 Å². The van der Waals surface area contributed by atoms with Crippen LogP contribution in [-0.2, 0) is 23.2 Å². The van der Waals surface area contributed by atoms with E-state index in [4.69, 9.17) is 0 Å². The molecule has 0 amide bonds. The molecule has 5 aromatic rings. The van der Waals surface area contributed by atoms with Gasteiger partial charge < -0.3 is 9.55 Å². The lowest BCUT2D eigenvalue weighted by Gasteiger charge is -2.18. The van der Waals surface area contributed by atoms with E-state index < -0.39 is 15.1 Å². The molecular weight excluding hydrogens is 503 g/mol. The van der Waals surface area contributed by atoms with E-state index in [2.05, 4.69) is 41.4 Å². The van der Waals surface area contributed by atoms with Crippen LogP contribution in [-0.4, -0.2) is 23.0 Å². The zero-order valence-corrected chi connectivity index (χ0v) is 22.2. The number of pyridine rings is 2. The van der Waals surface area contributed by atoms with Gasteiger partial charge in [0.05, 0.1) is 22.5 Å². The number of aromatic amines is 1. The highest BCUT2D eigenvalue weighted by Crippen LogP contribution is 2.34. The zero-order chi connectivity index (χ0) is 27.2. The zero-order valence-electron chi connectivity index (χ0n) is 21.4. The third-order valence-electron chi connectivity index (χ3n) is 6.83. The van der Waals surface area contributed by atoms with Gasteiger partial charge in [-0.3, -0.25) is 9.78 Å². The van der Waals surface area contributed by atoms with Gasteiger partial charge in [0.15, 0.2) is 5.43 Å². The van der Waals surface area contributed by atoms with E-state index in [1.165, 1.54) is 12.3 Å². The van der Waals surface area contributed by atoms with Gasteiger partial charge in [-0.15, -0.1) is 3.89 Å². The monoisotopic (exact) mass is 530 g/mol. The van der Waals surface area contributed by atoms with Crippen LogP contribution in [0.4, 0.5) is 3.89 Å². The van der Waals surface area contributed by atoms with E-state index in [1.807, 2.05) is 18.2 Å². The molecule has 1 N–H and O–H groups in total. The number of fused-ring (bicyclic) bond motifs is 4. The molecule has 0 fully saturated rings. The van der Waals surface area contributed by atoms with Crippen LogP contribution in [0.2, 0.25) is 0 Å². The Morgan fingerprint density at radius 3 is 2.61 bits per heavy atom. The number of nitriles is 1. The standard InChI is InChI=1S/C29H27FN4O3S/c1-4-5-8-34-26-13-23(20-11-21(16-32-15-20)38(30,36)37)19(9-17(2)3)12-24(26)28(35)27-22-7-6-18(14-31)10-25(22)33-29(27)34/h6-7,10-13,15-17,33H,4-5,8-9H2,1-3H3. The third kappa shape index (κ3) is 4.45. The summed E-state index contributed by atoms with van der Waals surface area (Å²) in [5.41, 5.74) is 4.48. The molecule has 7 nitrogen and oxygen atoms in total. The third-order valence-corrected chi connectivity index (χ3v) is 7.62. The number of benzene rings is 2. The summed E-state index contributed by atoms with van der Waals surface area (Å²) in [5.74, 6) is 0.246. The Hall–Kier alpha value is -4.03. The Bertz CT molecular complexity index is 1930. The van der Waals surface area contributed by atoms with E-state index in [0.29, 0.717) is 57.1 Å². The molecule has 38 heavy (non-hydrogen) atoms. The van der Waals surface area contributed by atoms with E-state index in [-0.39, 0.29) is 11.3 Å². The van der Waals surface area contributed by atoms with Gasteiger partial charge in [0.2, 0.25) is 0 Å². The van der Waals surface area contributed by atoms with Gasteiger partial charge in [-0.1, -0.05) is 33.3 Å². The first-order valence-electron chi connectivity index (χ1n) is 12.6. The number of halogens is 1. The predicted octanol–water partition coefficient (Wildman–Crippen LogP) is 6.23. The number of hydrogen-bond donors (Lipinski definition) is 1. The molecule has 0 aliphatic rings. The Kier molecular flexibility index (Phi) is 6.53. The maximum atomic E-state index is 14.0. The molecular formula is C29H27FN4O3S. The lowest BCUT2D eigenvalue weighted by atomic mass is 9.92. The largest absolute Gasteiger partial charge is 0.340 e. The van der Waals surface area contributed by atoms with Crippen LogP contribution in [0, 0.1) is 17.2 Å². The number of unbranched alkanes of at least 4 members (excludes halogenated alkanes) is 1. The second-order valence-electron chi connectivity index (χ2n) is 10.0. The summed E-state index contributed by atoms with van der Waals surface area (Å²) < 4.78 is 39.1. The normalized spacial score (nSPS) is 12.1. The first-order valence-corrected chi connectivity index (χ1v) is 14.0. The predicted molar refractivity (Wildman–Crippen MR) is 147 cm³/mol. The summed E-state index contributed by atoms with van der Waals surface area (Å²) in [6.07, 6.45) is 4.93. The van der Waals surface area contributed by atoms with Crippen LogP contribution in [0.3, 0.4) is 0 Å². The fourth-order valence-corrected chi connectivity index (χ4v) is 5.56. The average molecular weight is 531 g/mol. The van der Waals surface area contributed by atoms with Crippen molar-refractivity contribution in [1.29, 1.82) is 5.26 Å². The summed E-state index contributed by atoms with van der Waals surface area (Å²) in [5, 5.41) is 11.3. The molecule has 0 atom stereocenters. The maximum absolute atomic E-state index is 14.0. The second kappa shape index (κ2) is 9.69. The quantitative estimate of drug-likeness (QED) is 0.251. The minimum atomic E-state index is -4.93. The van der Waals surface area contributed by atoms with Crippen molar-refractivity contribution in [1.82, 2.24) is 14.5 Å². The Morgan fingerprint density at radius 2 is 1.92 bits per heavy atom. The van der Waals surface area contributed by atoms with Crippen molar-refractivity contribution in [2.75, 3.05) is 0 Å². The maximum Gasteiger partial charge on any atom is 0.333 e. The molecule has 0 bridgehead atoms. The van der Waals surface area contributed by atoms with Crippen molar-refractivity contribution in [3.8, 4) is 17.2 Å². The van der Waals surface area contributed by atoms with Crippen LogP contribution in [0.1, 0.15) is 44.7 Å². The summed E-state index contributed by atoms with van der Waals surface area (Å²) >= 11 is 0. The molecule has 0 radical (unpaired) electrons. The number of aryl methyl sites for hydroxylation is 1. The number of aromatic nitrogens is 3. The molecule has 0 spiro atoms. The van der Waals surface area contributed by atoms with Crippen molar-refractivity contribution in [2.24, 2.45) is 5.92 Å². The number of nitrogens with one attached hydrogen (secondary N) is 1. The van der Waals surface area contributed by atoms with E-state index >= 15 is 0 Å². The minimum absolute atomic E-state index is 0.117. The van der Waals surface area contributed by atoms with Gasteiger partial charge in [0.25, 0.3) is 0 Å².